The van der Waals surface area contributed by atoms with Gasteiger partial charge in [0, 0.05) is 26.1 Å². The second kappa shape index (κ2) is 8.14. The van der Waals surface area contributed by atoms with E-state index < -0.39 is 0 Å². The van der Waals surface area contributed by atoms with E-state index in [1.165, 1.54) is 0 Å². The van der Waals surface area contributed by atoms with Crippen molar-refractivity contribution < 1.29 is 9.59 Å². The number of carbonyl (C=O) groups excluding carboxylic acids is 2. The van der Waals surface area contributed by atoms with Crippen LogP contribution in [0.5, 0.6) is 0 Å². The third kappa shape index (κ3) is 4.49. The lowest BCUT2D eigenvalue weighted by Gasteiger charge is -2.11. The van der Waals surface area contributed by atoms with Crippen LogP contribution in [0, 0.1) is 10.5 Å². The highest BCUT2D eigenvalue weighted by atomic mass is 127. The molecule has 0 aliphatic carbocycles. The molecule has 0 aromatic heterocycles. The van der Waals surface area contributed by atoms with E-state index in [1.54, 1.807) is 24.3 Å². The quantitative estimate of drug-likeness (QED) is 0.537. The van der Waals surface area contributed by atoms with E-state index in [0.717, 1.165) is 14.8 Å². The number of hydrogen-bond donors (Lipinski definition) is 2. The molecule has 3 aromatic rings. The average molecular weight is 456 g/mol. The Bertz CT molecular complexity index is 938. The van der Waals surface area contributed by atoms with Gasteiger partial charge in [-0.1, -0.05) is 24.3 Å². The first-order valence-electron chi connectivity index (χ1n) is 8.07. The summed E-state index contributed by atoms with van der Waals surface area (Å²) in [7, 11) is 0. The summed E-state index contributed by atoms with van der Waals surface area (Å²) >= 11 is 2.21. The molecule has 130 valence electrons. The normalized spacial score (nSPS) is 10.2. The highest BCUT2D eigenvalue weighted by Crippen LogP contribution is 2.19. The molecule has 2 N–H and O–H groups in total. The van der Waals surface area contributed by atoms with E-state index in [0.29, 0.717) is 16.8 Å². The Labute approximate surface area is 165 Å². The number of aryl methyl sites for hydroxylation is 1. The van der Waals surface area contributed by atoms with E-state index in [2.05, 4.69) is 33.2 Å². The highest BCUT2D eigenvalue weighted by Gasteiger charge is 2.11. The van der Waals surface area contributed by atoms with Crippen LogP contribution in [0.1, 0.15) is 26.3 Å². The second-order valence-corrected chi connectivity index (χ2v) is 7.06. The third-order valence-electron chi connectivity index (χ3n) is 3.89. The standard InChI is InChI=1S/C21H17IN2O2/c1-14-7-8-16(21(26)23-18-11-9-17(22)10-12-18)13-19(14)24-20(25)15-5-3-2-4-6-15/h2-13H,1H3,(H,23,26)(H,24,25). The monoisotopic (exact) mass is 456 g/mol. The summed E-state index contributed by atoms with van der Waals surface area (Å²) in [6.07, 6.45) is 0. The minimum atomic E-state index is -0.221. The van der Waals surface area contributed by atoms with E-state index >= 15 is 0 Å². The molecular weight excluding hydrogens is 439 g/mol. The summed E-state index contributed by atoms with van der Waals surface area (Å²) in [5, 5.41) is 5.74. The first kappa shape index (κ1) is 18.1. The fourth-order valence-electron chi connectivity index (χ4n) is 2.42. The zero-order valence-electron chi connectivity index (χ0n) is 14.1. The van der Waals surface area contributed by atoms with Crippen molar-refractivity contribution in [3.63, 3.8) is 0 Å². The van der Waals surface area contributed by atoms with Gasteiger partial charge in [-0.15, -0.1) is 0 Å². The van der Waals surface area contributed by atoms with Gasteiger partial charge in [0.1, 0.15) is 0 Å². The van der Waals surface area contributed by atoms with Crippen LogP contribution in [-0.4, -0.2) is 11.8 Å². The van der Waals surface area contributed by atoms with Crippen LogP contribution in [0.15, 0.2) is 72.8 Å². The van der Waals surface area contributed by atoms with Gasteiger partial charge in [0.15, 0.2) is 0 Å². The van der Waals surface area contributed by atoms with Crippen LogP contribution in [0.2, 0.25) is 0 Å². The molecular formula is C21H17IN2O2. The summed E-state index contributed by atoms with van der Waals surface area (Å²) < 4.78 is 1.10. The van der Waals surface area contributed by atoms with Crippen molar-refractivity contribution in [2.24, 2.45) is 0 Å². The van der Waals surface area contributed by atoms with Crippen molar-refractivity contribution in [1.29, 1.82) is 0 Å². The Balaban J connectivity index is 1.77. The molecule has 0 unspecified atom stereocenters. The van der Waals surface area contributed by atoms with Crippen LogP contribution in [-0.2, 0) is 0 Å². The molecule has 0 saturated heterocycles. The minimum Gasteiger partial charge on any atom is -0.322 e. The summed E-state index contributed by atoms with van der Waals surface area (Å²) in [6.45, 7) is 1.89. The van der Waals surface area contributed by atoms with Crippen molar-refractivity contribution in [3.8, 4) is 0 Å². The van der Waals surface area contributed by atoms with Gasteiger partial charge in [-0.25, -0.2) is 0 Å². The maximum absolute atomic E-state index is 12.5. The van der Waals surface area contributed by atoms with Crippen molar-refractivity contribution in [3.05, 3.63) is 93.1 Å². The molecule has 3 rings (SSSR count). The number of rotatable bonds is 4. The first-order valence-corrected chi connectivity index (χ1v) is 9.15. The molecule has 0 radical (unpaired) electrons. The number of amides is 2. The van der Waals surface area contributed by atoms with Crippen LogP contribution < -0.4 is 10.6 Å². The topological polar surface area (TPSA) is 58.2 Å². The van der Waals surface area contributed by atoms with E-state index in [-0.39, 0.29) is 11.8 Å². The molecule has 5 heteroatoms. The zero-order chi connectivity index (χ0) is 18.5. The average Bonchev–Trinajstić information content (AvgIpc) is 2.66. The largest absolute Gasteiger partial charge is 0.322 e. The number of benzene rings is 3. The molecule has 0 aliphatic heterocycles. The SMILES string of the molecule is Cc1ccc(C(=O)Nc2ccc(I)cc2)cc1NC(=O)c1ccccc1. The number of hydrogen-bond acceptors (Lipinski definition) is 2. The second-order valence-electron chi connectivity index (χ2n) is 5.81. The van der Waals surface area contributed by atoms with Crippen LogP contribution in [0.3, 0.4) is 0 Å². The van der Waals surface area contributed by atoms with Gasteiger partial charge in [-0.3, -0.25) is 9.59 Å². The smallest absolute Gasteiger partial charge is 0.255 e. The molecule has 0 atom stereocenters. The molecule has 0 fully saturated rings. The minimum absolute atomic E-state index is 0.205. The summed E-state index contributed by atoms with van der Waals surface area (Å²) in [5.41, 5.74) is 3.29. The number of carbonyl (C=O) groups is 2. The van der Waals surface area contributed by atoms with Crippen molar-refractivity contribution >= 4 is 45.8 Å². The molecule has 2 amide bonds. The lowest BCUT2D eigenvalue weighted by atomic mass is 10.1. The zero-order valence-corrected chi connectivity index (χ0v) is 16.3. The molecule has 0 saturated carbocycles. The molecule has 3 aromatic carbocycles. The molecule has 0 heterocycles. The first-order chi connectivity index (χ1) is 12.5. The van der Waals surface area contributed by atoms with Gasteiger partial charge in [0.2, 0.25) is 0 Å². The predicted octanol–water partition coefficient (Wildman–Crippen LogP) is 5.10. The Morgan fingerprint density at radius 2 is 1.42 bits per heavy atom. The van der Waals surface area contributed by atoms with Crippen LogP contribution >= 0.6 is 22.6 Å². The number of anilines is 2. The van der Waals surface area contributed by atoms with Gasteiger partial charge in [0.25, 0.3) is 11.8 Å². The van der Waals surface area contributed by atoms with Crippen LogP contribution in [0.4, 0.5) is 11.4 Å². The molecule has 4 nitrogen and oxygen atoms in total. The number of halogens is 1. The fourth-order valence-corrected chi connectivity index (χ4v) is 2.78. The van der Waals surface area contributed by atoms with Gasteiger partial charge in [0.05, 0.1) is 0 Å². The van der Waals surface area contributed by atoms with Gasteiger partial charge >= 0.3 is 0 Å². The van der Waals surface area contributed by atoms with Crippen molar-refractivity contribution in [1.82, 2.24) is 0 Å². The van der Waals surface area contributed by atoms with Crippen LogP contribution in [0.25, 0.3) is 0 Å². The van der Waals surface area contributed by atoms with E-state index in [1.807, 2.05) is 55.5 Å². The summed E-state index contributed by atoms with van der Waals surface area (Å²) in [5.74, 6) is -0.426. The van der Waals surface area contributed by atoms with Crippen molar-refractivity contribution in [2.45, 2.75) is 6.92 Å². The molecule has 0 spiro atoms. The van der Waals surface area contributed by atoms with Gasteiger partial charge in [-0.05, 0) is 83.6 Å². The molecule has 0 bridgehead atoms. The Morgan fingerprint density at radius 3 is 2.12 bits per heavy atom. The maximum atomic E-state index is 12.5. The third-order valence-corrected chi connectivity index (χ3v) is 4.61. The maximum Gasteiger partial charge on any atom is 0.255 e. The predicted molar refractivity (Wildman–Crippen MR) is 113 cm³/mol. The lowest BCUT2D eigenvalue weighted by Crippen LogP contribution is -2.15. The summed E-state index contributed by atoms with van der Waals surface area (Å²) in [4.78, 5) is 24.9. The Morgan fingerprint density at radius 1 is 0.769 bits per heavy atom. The number of nitrogens with one attached hydrogen (secondary N) is 2. The van der Waals surface area contributed by atoms with E-state index in [9.17, 15) is 9.59 Å². The van der Waals surface area contributed by atoms with E-state index in [4.69, 9.17) is 0 Å². The van der Waals surface area contributed by atoms with Gasteiger partial charge in [-0.2, -0.15) is 0 Å². The van der Waals surface area contributed by atoms with Gasteiger partial charge < -0.3 is 10.6 Å². The van der Waals surface area contributed by atoms with Crippen molar-refractivity contribution in [2.75, 3.05) is 10.6 Å². The summed E-state index contributed by atoms with van der Waals surface area (Å²) in [6, 6.07) is 21.8. The Kier molecular flexibility index (Phi) is 5.68. The Hall–Kier alpha value is -2.67. The molecule has 0 aliphatic rings. The lowest BCUT2D eigenvalue weighted by molar-refractivity contribution is 0.101. The fraction of sp³-hybridized carbons (Fsp3) is 0.0476. The highest BCUT2D eigenvalue weighted by molar-refractivity contribution is 14.1. The molecule has 26 heavy (non-hydrogen) atoms.